The Kier molecular flexibility index (Phi) is 6.59. The molecule has 0 spiro atoms. The monoisotopic (exact) mass is 441 g/mol. The first-order chi connectivity index (χ1) is 15.9. The van der Waals surface area contributed by atoms with Gasteiger partial charge in [0.25, 0.3) is 5.56 Å². The van der Waals surface area contributed by atoms with E-state index in [0.29, 0.717) is 35.6 Å². The summed E-state index contributed by atoms with van der Waals surface area (Å²) in [7, 11) is 0. The third-order valence-corrected chi connectivity index (χ3v) is 5.98. The normalized spacial score (nSPS) is 12.4. The molecule has 0 radical (unpaired) electrons. The fourth-order valence-corrected chi connectivity index (χ4v) is 4.36. The van der Waals surface area contributed by atoms with Gasteiger partial charge in [-0.05, 0) is 54.3 Å². The van der Waals surface area contributed by atoms with E-state index in [0.717, 1.165) is 22.9 Å². The highest BCUT2D eigenvalue weighted by atomic mass is 16.2. The molecule has 1 amide bonds. The van der Waals surface area contributed by atoms with E-state index in [-0.39, 0.29) is 17.5 Å². The second kappa shape index (κ2) is 9.57. The summed E-state index contributed by atoms with van der Waals surface area (Å²) in [6, 6.07) is 21.1. The Morgan fingerprint density at radius 3 is 2.39 bits per heavy atom. The third kappa shape index (κ3) is 4.54. The van der Waals surface area contributed by atoms with Crippen LogP contribution < -0.4 is 5.56 Å². The van der Waals surface area contributed by atoms with Gasteiger partial charge in [-0.2, -0.15) is 0 Å². The van der Waals surface area contributed by atoms with Gasteiger partial charge in [0.05, 0.1) is 22.6 Å². The van der Waals surface area contributed by atoms with Crippen molar-refractivity contribution in [2.45, 2.75) is 46.6 Å². The SMILES string of the molecule is CCCC(=O)N(CC(C)C)C(C)c1nc2ccccc2c(=O)n1-c1ccc2ccccc2c1. The zero-order valence-electron chi connectivity index (χ0n) is 19.8. The van der Waals surface area contributed by atoms with Gasteiger partial charge >= 0.3 is 0 Å². The van der Waals surface area contributed by atoms with Crippen LogP contribution in [-0.4, -0.2) is 26.9 Å². The van der Waals surface area contributed by atoms with Crippen LogP contribution in [0.5, 0.6) is 0 Å². The Balaban J connectivity index is 1.96. The molecule has 0 saturated carbocycles. The summed E-state index contributed by atoms with van der Waals surface area (Å²) in [6.07, 6.45) is 1.26. The van der Waals surface area contributed by atoms with Crippen molar-refractivity contribution in [3.63, 3.8) is 0 Å². The van der Waals surface area contributed by atoms with Gasteiger partial charge in [0.2, 0.25) is 5.91 Å². The number of fused-ring (bicyclic) bond motifs is 2. The second-order valence-electron chi connectivity index (χ2n) is 9.03. The molecular weight excluding hydrogens is 410 g/mol. The summed E-state index contributed by atoms with van der Waals surface area (Å²) in [5.74, 6) is 0.972. The summed E-state index contributed by atoms with van der Waals surface area (Å²) in [4.78, 5) is 33.6. The Bertz CT molecular complexity index is 1360. The average molecular weight is 442 g/mol. The third-order valence-electron chi connectivity index (χ3n) is 5.98. The molecule has 33 heavy (non-hydrogen) atoms. The van der Waals surface area contributed by atoms with Crippen molar-refractivity contribution in [1.82, 2.24) is 14.5 Å². The first kappa shape index (κ1) is 22.7. The van der Waals surface area contributed by atoms with E-state index in [4.69, 9.17) is 4.98 Å². The van der Waals surface area contributed by atoms with Gasteiger partial charge in [0.15, 0.2) is 0 Å². The van der Waals surface area contributed by atoms with E-state index in [2.05, 4.69) is 19.9 Å². The van der Waals surface area contributed by atoms with Crippen molar-refractivity contribution in [2.75, 3.05) is 6.54 Å². The smallest absolute Gasteiger partial charge is 0.266 e. The maximum atomic E-state index is 13.8. The van der Waals surface area contributed by atoms with Crippen LogP contribution in [0.2, 0.25) is 0 Å². The quantitative estimate of drug-likeness (QED) is 0.360. The van der Waals surface area contributed by atoms with Crippen LogP contribution in [0.25, 0.3) is 27.4 Å². The van der Waals surface area contributed by atoms with Crippen LogP contribution in [0, 0.1) is 5.92 Å². The first-order valence-electron chi connectivity index (χ1n) is 11.7. The maximum Gasteiger partial charge on any atom is 0.266 e. The minimum atomic E-state index is -0.352. The number of benzene rings is 3. The number of aromatic nitrogens is 2. The molecule has 0 bridgehead atoms. The highest BCUT2D eigenvalue weighted by Crippen LogP contribution is 2.26. The van der Waals surface area contributed by atoms with E-state index in [1.807, 2.05) is 79.4 Å². The molecule has 1 atom stereocenters. The molecule has 4 rings (SSSR count). The largest absolute Gasteiger partial charge is 0.333 e. The lowest BCUT2D eigenvalue weighted by Crippen LogP contribution is -2.39. The number of amides is 1. The van der Waals surface area contributed by atoms with Gasteiger partial charge in [-0.1, -0.05) is 63.2 Å². The molecule has 0 N–H and O–H groups in total. The van der Waals surface area contributed by atoms with Crippen molar-refractivity contribution in [3.05, 3.63) is 82.9 Å². The predicted octanol–water partition coefficient (Wildman–Crippen LogP) is 5.88. The van der Waals surface area contributed by atoms with Crippen LogP contribution >= 0.6 is 0 Å². The number of rotatable bonds is 7. The highest BCUT2D eigenvalue weighted by molar-refractivity contribution is 5.85. The zero-order chi connectivity index (χ0) is 23.5. The molecule has 1 heterocycles. The van der Waals surface area contributed by atoms with Gasteiger partial charge in [-0.25, -0.2) is 4.98 Å². The van der Waals surface area contributed by atoms with Crippen molar-refractivity contribution < 1.29 is 4.79 Å². The fraction of sp³-hybridized carbons (Fsp3) is 0.321. The first-order valence-corrected chi connectivity index (χ1v) is 11.7. The lowest BCUT2D eigenvalue weighted by atomic mass is 10.1. The second-order valence-corrected chi connectivity index (χ2v) is 9.03. The molecule has 3 aromatic carbocycles. The predicted molar refractivity (Wildman–Crippen MR) is 135 cm³/mol. The minimum Gasteiger partial charge on any atom is -0.333 e. The lowest BCUT2D eigenvalue weighted by Gasteiger charge is -2.32. The maximum absolute atomic E-state index is 13.8. The summed E-state index contributed by atoms with van der Waals surface area (Å²) >= 11 is 0. The summed E-state index contributed by atoms with van der Waals surface area (Å²) in [5, 5.41) is 2.73. The number of nitrogens with zero attached hydrogens (tertiary/aromatic N) is 3. The topological polar surface area (TPSA) is 55.2 Å². The van der Waals surface area contributed by atoms with E-state index >= 15 is 0 Å². The molecule has 0 saturated heterocycles. The number of para-hydroxylation sites is 1. The molecule has 5 heteroatoms. The number of carbonyl (C=O) groups is 1. The molecule has 0 aliphatic carbocycles. The van der Waals surface area contributed by atoms with Gasteiger partial charge < -0.3 is 4.90 Å². The molecule has 5 nitrogen and oxygen atoms in total. The summed E-state index contributed by atoms with van der Waals surface area (Å²) < 4.78 is 1.69. The molecule has 4 aromatic rings. The number of hydrogen-bond donors (Lipinski definition) is 0. The van der Waals surface area contributed by atoms with Crippen molar-refractivity contribution in [2.24, 2.45) is 5.92 Å². The van der Waals surface area contributed by atoms with E-state index < -0.39 is 0 Å². The molecular formula is C28H31N3O2. The number of hydrogen-bond acceptors (Lipinski definition) is 3. The van der Waals surface area contributed by atoms with Crippen LogP contribution in [0.3, 0.4) is 0 Å². The minimum absolute atomic E-state index is 0.0890. The van der Waals surface area contributed by atoms with Crippen molar-refractivity contribution in [3.8, 4) is 5.69 Å². The Labute approximate surface area is 194 Å². The molecule has 1 unspecified atom stereocenters. The summed E-state index contributed by atoms with van der Waals surface area (Å²) in [6.45, 7) is 8.80. The molecule has 170 valence electrons. The summed E-state index contributed by atoms with van der Waals surface area (Å²) in [5.41, 5.74) is 1.28. The highest BCUT2D eigenvalue weighted by Gasteiger charge is 2.27. The van der Waals surface area contributed by atoms with Gasteiger partial charge in [0.1, 0.15) is 5.82 Å². The lowest BCUT2D eigenvalue weighted by molar-refractivity contribution is -0.134. The van der Waals surface area contributed by atoms with Gasteiger partial charge in [0, 0.05) is 13.0 Å². The van der Waals surface area contributed by atoms with Crippen LogP contribution in [-0.2, 0) is 4.79 Å². The van der Waals surface area contributed by atoms with E-state index in [1.165, 1.54) is 0 Å². The molecule has 0 fully saturated rings. The van der Waals surface area contributed by atoms with Crippen LogP contribution in [0.4, 0.5) is 0 Å². The van der Waals surface area contributed by atoms with E-state index in [1.54, 1.807) is 4.57 Å². The van der Waals surface area contributed by atoms with Crippen molar-refractivity contribution in [1.29, 1.82) is 0 Å². The standard InChI is InChI=1S/C28H31N3O2/c1-5-10-26(32)30(18-19(2)3)20(4)27-29-25-14-9-8-13-24(25)28(33)31(27)23-16-15-21-11-6-7-12-22(21)17-23/h6-9,11-17,19-20H,5,10,18H2,1-4H3. The van der Waals surface area contributed by atoms with Crippen LogP contribution in [0.15, 0.2) is 71.5 Å². The van der Waals surface area contributed by atoms with Gasteiger partial charge in [-0.15, -0.1) is 0 Å². The average Bonchev–Trinajstić information content (AvgIpc) is 2.81. The van der Waals surface area contributed by atoms with Crippen LogP contribution in [0.1, 0.15) is 52.4 Å². The molecule has 1 aromatic heterocycles. The van der Waals surface area contributed by atoms with Crippen molar-refractivity contribution >= 4 is 27.6 Å². The Morgan fingerprint density at radius 2 is 1.67 bits per heavy atom. The Morgan fingerprint density at radius 1 is 0.970 bits per heavy atom. The zero-order valence-corrected chi connectivity index (χ0v) is 19.8. The fourth-order valence-electron chi connectivity index (χ4n) is 4.36. The van der Waals surface area contributed by atoms with E-state index in [9.17, 15) is 9.59 Å². The number of carbonyl (C=O) groups excluding carboxylic acids is 1. The molecule has 0 aliphatic rings. The molecule has 0 aliphatic heterocycles. The van der Waals surface area contributed by atoms with Gasteiger partial charge in [-0.3, -0.25) is 14.2 Å². The Hall–Kier alpha value is -3.47.